The summed E-state index contributed by atoms with van der Waals surface area (Å²) in [6.07, 6.45) is 2.27. The van der Waals surface area contributed by atoms with Gasteiger partial charge in [-0.1, -0.05) is 6.07 Å². The molecule has 0 aliphatic carbocycles. The van der Waals surface area contributed by atoms with Crippen LogP contribution in [0.1, 0.15) is 21.5 Å². The molecule has 0 spiro atoms. The summed E-state index contributed by atoms with van der Waals surface area (Å²) in [6.45, 7) is 2.60. The number of rotatable bonds is 1. The maximum Gasteiger partial charge on any atom is 0.259 e. The Hall–Kier alpha value is -2.56. The van der Waals surface area contributed by atoms with Gasteiger partial charge in [-0.2, -0.15) is 0 Å². The van der Waals surface area contributed by atoms with Crippen LogP contribution < -0.4 is 16.2 Å². The molecule has 0 unspecified atom stereocenters. The van der Waals surface area contributed by atoms with Crippen LogP contribution >= 0.6 is 0 Å². The minimum Gasteiger partial charge on any atom is -0.398 e. The third-order valence-corrected chi connectivity index (χ3v) is 3.64. The third kappa shape index (κ3) is 1.97. The van der Waals surface area contributed by atoms with Crippen molar-refractivity contribution in [3.8, 4) is 0 Å². The van der Waals surface area contributed by atoms with Gasteiger partial charge in [-0.3, -0.25) is 9.59 Å². The fourth-order valence-corrected chi connectivity index (χ4v) is 2.49. The van der Waals surface area contributed by atoms with Gasteiger partial charge in [0.05, 0.1) is 5.56 Å². The predicted octanol–water partition coefficient (Wildman–Crippen LogP) is 1.47. The molecule has 20 heavy (non-hydrogen) atoms. The Morgan fingerprint density at radius 2 is 2.15 bits per heavy atom. The Morgan fingerprint density at radius 3 is 2.85 bits per heavy atom. The maximum absolute atomic E-state index is 12.5. The van der Waals surface area contributed by atoms with Gasteiger partial charge in [0, 0.05) is 30.2 Å². The van der Waals surface area contributed by atoms with Crippen molar-refractivity contribution >= 4 is 17.3 Å². The quantitative estimate of drug-likeness (QED) is 0.769. The van der Waals surface area contributed by atoms with E-state index in [-0.39, 0.29) is 11.5 Å². The van der Waals surface area contributed by atoms with Crippen LogP contribution in [0, 0.1) is 6.92 Å². The zero-order valence-corrected chi connectivity index (χ0v) is 11.1. The Bertz CT molecular complexity index is 729. The van der Waals surface area contributed by atoms with Gasteiger partial charge in [0.25, 0.3) is 5.91 Å². The van der Waals surface area contributed by atoms with Crippen molar-refractivity contribution in [2.45, 2.75) is 13.3 Å². The van der Waals surface area contributed by atoms with Crippen LogP contribution in [0.3, 0.4) is 0 Å². The molecular weight excluding hydrogens is 254 g/mol. The van der Waals surface area contributed by atoms with E-state index < -0.39 is 0 Å². The number of nitrogen functional groups attached to an aromatic ring is 1. The summed E-state index contributed by atoms with van der Waals surface area (Å²) in [5.74, 6) is -0.122. The number of fused-ring (bicyclic) bond motifs is 1. The van der Waals surface area contributed by atoms with Crippen molar-refractivity contribution in [3.05, 3.63) is 57.5 Å². The maximum atomic E-state index is 12.5. The minimum atomic E-state index is -0.219. The number of pyridine rings is 1. The lowest BCUT2D eigenvalue weighted by Gasteiger charge is -2.18. The van der Waals surface area contributed by atoms with E-state index in [9.17, 15) is 9.59 Å². The number of carbonyl (C=O) groups is 1. The molecular formula is C15H15N3O2. The average molecular weight is 269 g/mol. The van der Waals surface area contributed by atoms with Gasteiger partial charge in [-0.25, -0.2) is 0 Å². The van der Waals surface area contributed by atoms with Crippen LogP contribution in [0.15, 0.2) is 35.3 Å². The van der Waals surface area contributed by atoms with Gasteiger partial charge < -0.3 is 15.6 Å². The topological polar surface area (TPSA) is 79.2 Å². The molecule has 2 heterocycles. The highest BCUT2D eigenvalue weighted by molar-refractivity contribution is 6.07. The number of amides is 1. The van der Waals surface area contributed by atoms with Crippen molar-refractivity contribution in [3.63, 3.8) is 0 Å². The summed E-state index contributed by atoms with van der Waals surface area (Å²) < 4.78 is 0. The number of hydrogen-bond donors (Lipinski definition) is 2. The van der Waals surface area contributed by atoms with E-state index in [1.54, 1.807) is 4.90 Å². The number of benzene rings is 1. The second-order valence-electron chi connectivity index (χ2n) is 4.99. The normalized spacial score (nSPS) is 13.3. The number of nitrogens with two attached hydrogens (primary N) is 1. The molecule has 3 rings (SSSR count). The van der Waals surface area contributed by atoms with E-state index >= 15 is 0 Å². The van der Waals surface area contributed by atoms with Crippen LogP contribution in [0.25, 0.3) is 0 Å². The van der Waals surface area contributed by atoms with Crippen molar-refractivity contribution in [2.75, 3.05) is 17.2 Å². The van der Waals surface area contributed by atoms with Crippen molar-refractivity contribution in [2.24, 2.45) is 0 Å². The van der Waals surface area contributed by atoms with Crippen LogP contribution in [-0.2, 0) is 6.42 Å². The van der Waals surface area contributed by atoms with E-state index in [4.69, 9.17) is 5.73 Å². The zero-order chi connectivity index (χ0) is 14.3. The van der Waals surface area contributed by atoms with E-state index in [1.807, 2.05) is 19.1 Å². The number of aryl methyl sites for hydroxylation is 1. The number of nitrogens with one attached hydrogen (secondary N) is 1. The fraction of sp³-hybridized carbons (Fsp3) is 0.200. The van der Waals surface area contributed by atoms with Crippen molar-refractivity contribution in [1.82, 2.24) is 4.98 Å². The molecule has 1 aromatic carbocycles. The number of aromatic amines is 1. The number of hydrogen-bond acceptors (Lipinski definition) is 3. The first kappa shape index (κ1) is 12.5. The van der Waals surface area contributed by atoms with Crippen molar-refractivity contribution in [1.29, 1.82) is 0 Å². The van der Waals surface area contributed by atoms with Crippen LogP contribution in [0.2, 0.25) is 0 Å². The van der Waals surface area contributed by atoms with Gasteiger partial charge in [-0.05, 0) is 36.6 Å². The molecule has 0 saturated carbocycles. The minimum absolute atomic E-state index is 0.122. The van der Waals surface area contributed by atoms with Gasteiger partial charge >= 0.3 is 0 Å². The van der Waals surface area contributed by atoms with E-state index in [1.165, 1.54) is 18.3 Å². The molecule has 1 aliphatic rings. The molecule has 0 radical (unpaired) electrons. The second-order valence-corrected chi connectivity index (χ2v) is 4.99. The number of carbonyl (C=O) groups excluding carboxylic acids is 1. The molecule has 102 valence electrons. The molecule has 0 saturated heterocycles. The Balaban J connectivity index is 1.98. The number of anilines is 2. The van der Waals surface area contributed by atoms with Crippen LogP contribution in [-0.4, -0.2) is 17.4 Å². The summed E-state index contributed by atoms with van der Waals surface area (Å²) in [5.41, 5.74) is 9.89. The Labute approximate surface area is 116 Å². The number of nitrogens with zero attached hydrogens (tertiary/aromatic N) is 1. The first-order valence-electron chi connectivity index (χ1n) is 6.46. The van der Waals surface area contributed by atoms with Gasteiger partial charge in [-0.15, -0.1) is 0 Å². The number of aromatic nitrogens is 1. The molecule has 0 bridgehead atoms. The predicted molar refractivity (Wildman–Crippen MR) is 78.0 cm³/mol. The molecule has 5 heteroatoms. The fourth-order valence-electron chi connectivity index (χ4n) is 2.49. The van der Waals surface area contributed by atoms with Crippen molar-refractivity contribution < 1.29 is 4.79 Å². The highest BCUT2D eigenvalue weighted by Gasteiger charge is 2.26. The first-order valence-corrected chi connectivity index (χ1v) is 6.46. The van der Waals surface area contributed by atoms with Gasteiger partial charge in [0.2, 0.25) is 5.56 Å². The molecule has 0 fully saturated rings. The monoisotopic (exact) mass is 269 g/mol. The second kappa shape index (κ2) is 4.52. The molecule has 3 N–H and O–H groups in total. The van der Waals surface area contributed by atoms with Gasteiger partial charge in [0.1, 0.15) is 0 Å². The Morgan fingerprint density at radius 1 is 1.35 bits per heavy atom. The summed E-state index contributed by atoms with van der Waals surface area (Å²) in [6, 6.07) is 6.77. The highest BCUT2D eigenvalue weighted by atomic mass is 16.2. The molecule has 5 nitrogen and oxygen atoms in total. The highest BCUT2D eigenvalue weighted by Crippen LogP contribution is 2.32. The smallest absolute Gasteiger partial charge is 0.259 e. The Kier molecular flexibility index (Phi) is 2.82. The molecule has 1 aromatic heterocycles. The van der Waals surface area contributed by atoms with Crippen LogP contribution in [0.5, 0.6) is 0 Å². The lowest BCUT2D eigenvalue weighted by molar-refractivity contribution is 0.0989. The van der Waals surface area contributed by atoms with E-state index in [2.05, 4.69) is 4.98 Å². The summed E-state index contributed by atoms with van der Waals surface area (Å²) in [7, 11) is 0. The van der Waals surface area contributed by atoms with E-state index in [0.717, 1.165) is 23.2 Å². The lowest BCUT2D eigenvalue weighted by Crippen LogP contribution is -2.29. The number of H-pyrrole nitrogens is 1. The molecule has 0 atom stereocenters. The first-order chi connectivity index (χ1) is 9.56. The molecule has 2 aromatic rings. The third-order valence-electron chi connectivity index (χ3n) is 3.64. The van der Waals surface area contributed by atoms with Crippen LogP contribution in [0.4, 0.5) is 11.4 Å². The standard InChI is InChI=1S/C15H15N3O2/c1-9-6-10-4-5-18(13(10)7-12(9)16)15(20)11-2-3-14(19)17-8-11/h2-3,6-8H,4-5,16H2,1H3,(H,17,19). The molecule has 1 aliphatic heterocycles. The average Bonchev–Trinajstić information content (AvgIpc) is 2.82. The summed E-state index contributed by atoms with van der Waals surface area (Å²) >= 11 is 0. The summed E-state index contributed by atoms with van der Waals surface area (Å²) in [4.78, 5) is 27.8. The largest absolute Gasteiger partial charge is 0.398 e. The summed E-state index contributed by atoms with van der Waals surface area (Å²) in [5, 5.41) is 0. The SMILES string of the molecule is Cc1cc2c(cc1N)N(C(=O)c1ccc(=O)[nH]c1)CC2. The van der Waals surface area contributed by atoms with Gasteiger partial charge in [0.15, 0.2) is 0 Å². The zero-order valence-electron chi connectivity index (χ0n) is 11.1. The van der Waals surface area contributed by atoms with E-state index in [0.29, 0.717) is 17.8 Å². The molecule has 1 amide bonds. The lowest BCUT2D eigenvalue weighted by atomic mass is 10.1.